The zero-order valence-electron chi connectivity index (χ0n) is 25.4. The second-order valence-corrected chi connectivity index (χ2v) is 10.9. The average Bonchev–Trinajstić information content (AvgIpc) is 3.33. The number of amides is 1. The molecule has 9 nitrogen and oxygen atoms in total. The molecule has 4 aromatic rings. The van der Waals surface area contributed by atoms with Crippen LogP contribution in [0.3, 0.4) is 0 Å². The number of nitrogens with zero attached hydrogens (tertiary/aromatic N) is 3. The van der Waals surface area contributed by atoms with Crippen molar-refractivity contribution in [3.8, 4) is 23.0 Å². The highest BCUT2D eigenvalue weighted by Crippen LogP contribution is 2.41. The third-order valence-electron chi connectivity index (χ3n) is 7.71. The van der Waals surface area contributed by atoms with Crippen LogP contribution in [0.4, 0.5) is 0 Å². The van der Waals surface area contributed by atoms with Crippen LogP contribution in [0.5, 0.6) is 23.0 Å². The van der Waals surface area contributed by atoms with Crippen molar-refractivity contribution in [2.45, 2.75) is 26.8 Å². The van der Waals surface area contributed by atoms with Gasteiger partial charge < -0.3 is 23.8 Å². The SMILES string of the molecule is CCN(CC)C(=O)C1=C(C)N=c2s/c(=C/c3cc(OC)c(OC)c(OC)c3)c(=O)n2[C@@H]1c1c(OC)ccc2ccccc12. The van der Waals surface area contributed by atoms with Crippen molar-refractivity contribution < 1.29 is 23.7 Å². The highest BCUT2D eigenvalue weighted by molar-refractivity contribution is 7.07. The number of fused-ring (bicyclic) bond motifs is 2. The van der Waals surface area contributed by atoms with Gasteiger partial charge in [0.15, 0.2) is 16.3 Å². The molecule has 0 aliphatic carbocycles. The Hall–Kier alpha value is -4.57. The number of aromatic nitrogens is 1. The van der Waals surface area contributed by atoms with Gasteiger partial charge in [-0.2, -0.15) is 0 Å². The van der Waals surface area contributed by atoms with Gasteiger partial charge in [-0.25, -0.2) is 4.99 Å². The number of thiazole rings is 1. The number of hydrogen-bond acceptors (Lipinski definition) is 8. The molecule has 224 valence electrons. The van der Waals surface area contributed by atoms with E-state index in [0.717, 1.165) is 16.3 Å². The van der Waals surface area contributed by atoms with Crippen molar-refractivity contribution in [3.05, 3.63) is 90.6 Å². The number of methoxy groups -OCH3 is 4. The van der Waals surface area contributed by atoms with E-state index in [0.29, 0.717) is 62.3 Å². The Morgan fingerprint density at radius 1 is 0.953 bits per heavy atom. The molecule has 1 amide bonds. The molecule has 0 unspecified atom stereocenters. The molecule has 0 fully saturated rings. The first-order chi connectivity index (χ1) is 20.8. The van der Waals surface area contributed by atoms with Crippen LogP contribution in [0.15, 0.2) is 69.6 Å². The summed E-state index contributed by atoms with van der Waals surface area (Å²) >= 11 is 1.26. The third-order valence-corrected chi connectivity index (χ3v) is 8.69. The van der Waals surface area contributed by atoms with E-state index in [-0.39, 0.29) is 11.5 Å². The molecule has 3 aromatic carbocycles. The number of ether oxygens (including phenoxy) is 4. The van der Waals surface area contributed by atoms with Crippen LogP contribution in [-0.2, 0) is 4.79 Å². The fraction of sp³-hybridized carbons (Fsp3) is 0.303. The lowest BCUT2D eigenvalue weighted by Gasteiger charge is -2.30. The third kappa shape index (κ3) is 5.16. The van der Waals surface area contributed by atoms with Crippen molar-refractivity contribution in [1.82, 2.24) is 9.47 Å². The maximum atomic E-state index is 14.4. The summed E-state index contributed by atoms with van der Waals surface area (Å²) in [5.41, 5.74) is 2.18. The van der Waals surface area contributed by atoms with Gasteiger partial charge in [0.05, 0.1) is 44.2 Å². The largest absolute Gasteiger partial charge is 0.496 e. The molecule has 1 aromatic heterocycles. The molecule has 0 saturated heterocycles. The molecule has 1 atom stereocenters. The summed E-state index contributed by atoms with van der Waals surface area (Å²) in [6.07, 6.45) is 1.77. The number of allylic oxidation sites excluding steroid dienone is 1. The molecule has 1 aliphatic heterocycles. The molecule has 0 N–H and O–H groups in total. The van der Waals surface area contributed by atoms with Gasteiger partial charge in [0, 0.05) is 18.7 Å². The maximum absolute atomic E-state index is 14.4. The van der Waals surface area contributed by atoms with Crippen LogP contribution in [0.1, 0.15) is 37.9 Å². The first-order valence-corrected chi connectivity index (χ1v) is 14.8. The zero-order chi connectivity index (χ0) is 30.8. The lowest BCUT2D eigenvalue weighted by Crippen LogP contribution is -2.43. The molecule has 1 aliphatic rings. The van der Waals surface area contributed by atoms with E-state index in [1.807, 2.05) is 57.2 Å². The predicted molar refractivity (Wildman–Crippen MR) is 168 cm³/mol. The molecular weight excluding hydrogens is 566 g/mol. The minimum absolute atomic E-state index is 0.162. The Labute approximate surface area is 253 Å². The van der Waals surface area contributed by atoms with Gasteiger partial charge in [-0.1, -0.05) is 41.7 Å². The first kappa shape index (κ1) is 29.9. The van der Waals surface area contributed by atoms with Crippen LogP contribution in [0, 0.1) is 0 Å². The predicted octanol–water partition coefficient (Wildman–Crippen LogP) is 4.29. The van der Waals surface area contributed by atoms with Gasteiger partial charge in [0.1, 0.15) is 11.8 Å². The molecule has 43 heavy (non-hydrogen) atoms. The fourth-order valence-corrected chi connectivity index (χ4v) is 6.67. The van der Waals surface area contributed by atoms with Crippen LogP contribution in [-0.4, -0.2) is 56.9 Å². The standard InChI is InChI=1S/C33H35N3O6S/c1-8-35(9-2)32(38)27-19(3)34-33-36(29(27)28-22-13-11-10-12-21(22)14-15-23(28)39-4)31(37)26(43-33)18-20-16-24(40-5)30(42-7)25(17-20)41-6/h10-18,29H,8-9H2,1-7H3/b26-18+/t29-/m0/s1. The fourth-order valence-electron chi connectivity index (χ4n) is 5.62. The number of benzene rings is 3. The number of rotatable bonds is 9. The van der Waals surface area contributed by atoms with E-state index >= 15 is 0 Å². The minimum atomic E-state index is -0.757. The first-order valence-electron chi connectivity index (χ1n) is 14.0. The number of carbonyl (C=O) groups excluding carboxylic acids is 1. The Morgan fingerprint density at radius 2 is 1.60 bits per heavy atom. The molecule has 10 heteroatoms. The van der Waals surface area contributed by atoms with Gasteiger partial charge in [-0.05, 0) is 61.4 Å². The molecule has 0 saturated carbocycles. The van der Waals surface area contributed by atoms with E-state index in [1.54, 1.807) is 56.1 Å². The van der Waals surface area contributed by atoms with Crippen LogP contribution in [0.2, 0.25) is 0 Å². The van der Waals surface area contributed by atoms with Crippen LogP contribution in [0.25, 0.3) is 16.8 Å². The van der Waals surface area contributed by atoms with Gasteiger partial charge in [-0.15, -0.1) is 0 Å². The van der Waals surface area contributed by atoms with Crippen LogP contribution < -0.4 is 33.8 Å². The normalized spacial score (nSPS) is 14.8. The Kier molecular flexibility index (Phi) is 8.59. The summed E-state index contributed by atoms with van der Waals surface area (Å²) in [4.78, 5) is 35.5. The highest BCUT2D eigenvalue weighted by atomic mass is 32.1. The molecule has 2 heterocycles. The molecule has 0 spiro atoms. The summed E-state index contributed by atoms with van der Waals surface area (Å²) < 4.78 is 24.5. The van der Waals surface area contributed by atoms with Gasteiger partial charge in [0.25, 0.3) is 11.5 Å². The van der Waals surface area contributed by atoms with Crippen molar-refractivity contribution >= 4 is 34.1 Å². The number of likely N-dealkylation sites (N-methyl/N-ethyl adjacent to an activating group) is 1. The lowest BCUT2D eigenvalue weighted by molar-refractivity contribution is -0.127. The Morgan fingerprint density at radius 3 is 2.21 bits per heavy atom. The van der Waals surface area contributed by atoms with Gasteiger partial charge >= 0.3 is 0 Å². The molecular formula is C33H35N3O6S. The zero-order valence-corrected chi connectivity index (χ0v) is 26.2. The van der Waals surface area contributed by atoms with Crippen molar-refractivity contribution in [2.75, 3.05) is 41.5 Å². The molecule has 0 bridgehead atoms. The second kappa shape index (κ2) is 12.3. The number of hydrogen-bond donors (Lipinski definition) is 0. The Bertz CT molecular complexity index is 1890. The number of carbonyl (C=O) groups is 1. The monoisotopic (exact) mass is 601 g/mol. The minimum Gasteiger partial charge on any atom is -0.496 e. The highest BCUT2D eigenvalue weighted by Gasteiger charge is 2.36. The average molecular weight is 602 g/mol. The smallest absolute Gasteiger partial charge is 0.271 e. The molecule has 0 radical (unpaired) electrons. The van der Waals surface area contributed by atoms with E-state index in [4.69, 9.17) is 23.9 Å². The summed E-state index contributed by atoms with van der Waals surface area (Å²) in [6, 6.07) is 14.6. The Balaban J connectivity index is 1.83. The van der Waals surface area contributed by atoms with Gasteiger partial charge in [-0.3, -0.25) is 14.2 Å². The molecule has 5 rings (SSSR count). The van der Waals surface area contributed by atoms with E-state index in [9.17, 15) is 9.59 Å². The van der Waals surface area contributed by atoms with E-state index < -0.39 is 6.04 Å². The van der Waals surface area contributed by atoms with Crippen molar-refractivity contribution in [2.24, 2.45) is 4.99 Å². The summed E-state index contributed by atoms with van der Waals surface area (Å²) in [7, 11) is 6.23. The van der Waals surface area contributed by atoms with Crippen molar-refractivity contribution in [1.29, 1.82) is 0 Å². The van der Waals surface area contributed by atoms with Gasteiger partial charge in [0.2, 0.25) is 5.75 Å². The van der Waals surface area contributed by atoms with E-state index in [2.05, 4.69) is 0 Å². The summed E-state index contributed by atoms with van der Waals surface area (Å²) in [6.45, 7) is 6.76. The summed E-state index contributed by atoms with van der Waals surface area (Å²) in [5, 5.41) is 1.87. The quantitative estimate of drug-likeness (QED) is 0.284. The van der Waals surface area contributed by atoms with Crippen molar-refractivity contribution in [3.63, 3.8) is 0 Å². The maximum Gasteiger partial charge on any atom is 0.271 e. The second-order valence-electron chi connectivity index (χ2n) is 9.92. The van der Waals surface area contributed by atoms with Crippen LogP contribution >= 0.6 is 11.3 Å². The topological polar surface area (TPSA) is 91.6 Å². The summed E-state index contributed by atoms with van der Waals surface area (Å²) in [5.74, 6) is 1.83. The van der Waals surface area contributed by atoms with E-state index in [1.165, 1.54) is 11.3 Å². The lowest BCUT2D eigenvalue weighted by atomic mass is 9.90.